The third-order valence-corrected chi connectivity index (χ3v) is 5.52. The molecule has 2 heterocycles. The first-order chi connectivity index (χ1) is 10.0. The molecule has 7 nitrogen and oxygen atoms in total. The van der Waals surface area contributed by atoms with Crippen LogP contribution in [0.1, 0.15) is 11.4 Å². The van der Waals surface area contributed by atoms with E-state index in [1.54, 1.807) is 25.1 Å². The summed E-state index contributed by atoms with van der Waals surface area (Å²) in [6, 6.07) is 8.41. The highest BCUT2D eigenvalue weighted by Gasteiger charge is 2.19. The first-order valence-corrected chi connectivity index (χ1v) is 8.10. The largest absolute Gasteiger partial charge is 0.277 e. The summed E-state index contributed by atoms with van der Waals surface area (Å²) in [5.74, 6) is 0. The molecule has 106 valence electrons. The Morgan fingerprint density at radius 1 is 1.43 bits per heavy atom. The number of anilines is 1. The van der Waals surface area contributed by atoms with Gasteiger partial charge in [-0.05, 0) is 36.7 Å². The monoisotopic (exact) mass is 319 g/mol. The van der Waals surface area contributed by atoms with Crippen LogP contribution < -0.4 is 4.72 Å². The number of hydrogen-bond acceptors (Lipinski definition) is 6. The number of nitrogens with one attached hydrogen (secondary N) is 2. The molecule has 0 atom stereocenters. The number of para-hydroxylation sites is 1. The second-order valence-electron chi connectivity index (χ2n) is 4.30. The van der Waals surface area contributed by atoms with Gasteiger partial charge in [0, 0.05) is 5.39 Å². The molecule has 2 N–H and O–H groups in total. The van der Waals surface area contributed by atoms with Crippen molar-refractivity contribution < 1.29 is 8.42 Å². The van der Waals surface area contributed by atoms with E-state index in [0.29, 0.717) is 22.3 Å². The Hall–Kier alpha value is -2.44. The number of aromatic nitrogens is 3. The number of aryl methyl sites for hydroxylation is 1. The van der Waals surface area contributed by atoms with Gasteiger partial charge in [-0.1, -0.05) is 6.07 Å². The predicted molar refractivity (Wildman–Crippen MR) is 78.5 cm³/mol. The topological polar surface area (TPSA) is 112 Å². The first-order valence-electron chi connectivity index (χ1n) is 5.84. The fraction of sp³-hybridized carbons (Fsp3) is 0.0833. The van der Waals surface area contributed by atoms with E-state index in [1.165, 1.54) is 6.07 Å². The standard InChI is InChI=1S/C12H9N5O2S2/c1-7-5-11(20-16-7)21(18,19)17-9-4-2-3-8-10(6-13)14-15-12(8)9/h2-5,17H,1H3,(H,14,15). The summed E-state index contributed by atoms with van der Waals surface area (Å²) in [7, 11) is -3.71. The van der Waals surface area contributed by atoms with E-state index in [2.05, 4.69) is 19.3 Å². The van der Waals surface area contributed by atoms with Gasteiger partial charge in [-0.3, -0.25) is 9.82 Å². The van der Waals surface area contributed by atoms with Crippen LogP contribution in [0.15, 0.2) is 28.5 Å². The van der Waals surface area contributed by atoms with E-state index in [0.717, 1.165) is 11.5 Å². The lowest BCUT2D eigenvalue weighted by Gasteiger charge is -2.06. The molecular weight excluding hydrogens is 310 g/mol. The van der Waals surface area contributed by atoms with Gasteiger partial charge in [0.2, 0.25) is 0 Å². The second kappa shape index (κ2) is 4.83. The van der Waals surface area contributed by atoms with Crippen molar-refractivity contribution in [3.05, 3.63) is 35.7 Å². The number of nitriles is 1. The van der Waals surface area contributed by atoms with Gasteiger partial charge in [0.05, 0.1) is 16.9 Å². The Morgan fingerprint density at radius 3 is 2.90 bits per heavy atom. The zero-order valence-electron chi connectivity index (χ0n) is 10.8. The number of rotatable bonds is 3. The van der Waals surface area contributed by atoms with Gasteiger partial charge in [-0.25, -0.2) is 8.42 Å². The van der Waals surface area contributed by atoms with E-state index >= 15 is 0 Å². The summed E-state index contributed by atoms with van der Waals surface area (Å²) >= 11 is 0.912. The van der Waals surface area contributed by atoms with Gasteiger partial charge in [-0.2, -0.15) is 14.7 Å². The van der Waals surface area contributed by atoms with Crippen LogP contribution >= 0.6 is 11.5 Å². The van der Waals surface area contributed by atoms with Crippen LogP contribution in [0.5, 0.6) is 0 Å². The highest BCUT2D eigenvalue weighted by atomic mass is 32.2. The fourth-order valence-electron chi connectivity index (χ4n) is 1.87. The molecule has 0 fully saturated rings. The molecule has 0 amide bonds. The van der Waals surface area contributed by atoms with Crippen LogP contribution in [0.3, 0.4) is 0 Å². The van der Waals surface area contributed by atoms with Crippen LogP contribution in [-0.2, 0) is 10.0 Å². The molecule has 1 aromatic carbocycles. The maximum Gasteiger partial charge on any atom is 0.273 e. The molecule has 0 unspecified atom stereocenters. The van der Waals surface area contributed by atoms with Gasteiger partial charge in [-0.15, -0.1) is 0 Å². The molecule has 0 saturated heterocycles. The SMILES string of the molecule is Cc1cc(S(=O)(=O)Nc2cccc3c(C#N)n[nH]c23)sn1. The highest BCUT2D eigenvalue weighted by Crippen LogP contribution is 2.26. The van der Waals surface area contributed by atoms with E-state index in [4.69, 9.17) is 5.26 Å². The number of sulfonamides is 1. The molecule has 0 radical (unpaired) electrons. The lowest BCUT2D eigenvalue weighted by Crippen LogP contribution is -2.11. The van der Waals surface area contributed by atoms with E-state index in [9.17, 15) is 8.42 Å². The molecule has 3 rings (SSSR count). The normalized spacial score (nSPS) is 11.4. The second-order valence-corrected chi connectivity index (χ2v) is 7.02. The fourth-order valence-corrected chi connectivity index (χ4v) is 3.90. The molecule has 0 aliphatic rings. The molecule has 3 aromatic rings. The minimum atomic E-state index is -3.71. The van der Waals surface area contributed by atoms with E-state index < -0.39 is 10.0 Å². The van der Waals surface area contributed by atoms with Crippen molar-refractivity contribution in [2.75, 3.05) is 4.72 Å². The average Bonchev–Trinajstić information content (AvgIpc) is 3.05. The first kappa shape index (κ1) is 13.5. The lowest BCUT2D eigenvalue weighted by molar-refractivity contribution is 0.603. The lowest BCUT2D eigenvalue weighted by atomic mass is 10.2. The summed E-state index contributed by atoms with van der Waals surface area (Å²) in [5, 5.41) is 16.0. The Balaban J connectivity index is 2.06. The number of H-pyrrole nitrogens is 1. The van der Waals surface area contributed by atoms with Crippen molar-refractivity contribution in [3.63, 3.8) is 0 Å². The Morgan fingerprint density at radius 2 is 2.24 bits per heavy atom. The molecule has 21 heavy (non-hydrogen) atoms. The van der Waals surface area contributed by atoms with Gasteiger partial charge >= 0.3 is 0 Å². The summed E-state index contributed by atoms with van der Waals surface area (Å²) in [6.07, 6.45) is 0. The zero-order valence-corrected chi connectivity index (χ0v) is 12.4. The van der Waals surface area contributed by atoms with Crippen molar-refractivity contribution in [1.82, 2.24) is 14.6 Å². The molecule has 0 spiro atoms. The summed E-state index contributed by atoms with van der Waals surface area (Å²) in [5.41, 5.74) is 1.68. The van der Waals surface area contributed by atoms with Gasteiger partial charge < -0.3 is 0 Å². The van der Waals surface area contributed by atoms with Crippen molar-refractivity contribution in [2.24, 2.45) is 0 Å². The summed E-state index contributed by atoms with van der Waals surface area (Å²) in [4.78, 5) is 0. The minimum Gasteiger partial charge on any atom is -0.277 e. The Kier molecular flexibility index (Phi) is 3.12. The smallest absolute Gasteiger partial charge is 0.273 e. The molecule has 2 aromatic heterocycles. The van der Waals surface area contributed by atoms with Crippen molar-refractivity contribution in [3.8, 4) is 6.07 Å². The number of aromatic amines is 1. The zero-order chi connectivity index (χ0) is 15.0. The summed E-state index contributed by atoms with van der Waals surface area (Å²) in [6.45, 7) is 1.73. The minimum absolute atomic E-state index is 0.136. The van der Waals surface area contributed by atoms with E-state index in [1.807, 2.05) is 6.07 Å². The van der Waals surface area contributed by atoms with Crippen LogP contribution in [0.25, 0.3) is 10.9 Å². The molecule has 0 aliphatic carbocycles. The average molecular weight is 319 g/mol. The third kappa shape index (κ3) is 2.35. The predicted octanol–water partition coefficient (Wildman–Crippen LogP) is 2.00. The third-order valence-electron chi connectivity index (χ3n) is 2.82. The maximum atomic E-state index is 12.3. The van der Waals surface area contributed by atoms with Crippen molar-refractivity contribution >= 4 is 38.1 Å². The molecule has 0 saturated carbocycles. The van der Waals surface area contributed by atoms with E-state index in [-0.39, 0.29) is 9.90 Å². The van der Waals surface area contributed by atoms with Gasteiger partial charge in [0.1, 0.15) is 6.07 Å². The van der Waals surface area contributed by atoms with Crippen LogP contribution in [0.4, 0.5) is 5.69 Å². The highest BCUT2D eigenvalue weighted by molar-refractivity contribution is 7.94. The Bertz CT molecular complexity index is 965. The maximum absolute atomic E-state index is 12.3. The van der Waals surface area contributed by atoms with Crippen LogP contribution in [-0.4, -0.2) is 23.0 Å². The van der Waals surface area contributed by atoms with Gasteiger partial charge in [0.15, 0.2) is 9.90 Å². The molecule has 0 aliphatic heterocycles. The summed E-state index contributed by atoms with van der Waals surface area (Å²) < 4.78 is 31.2. The van der Waals surface area contributed by atoms with Crippen molar-refractivity contribution in [1.29, 1.82) is 5.26 Å². The quantitative estimate of drug-likeness (QED) is 0.767. The number of fused-ring (bicyclic) bond motifs is 1. The van der Waals surface area contributed by atoms with Crippen molar-refractivity contribution in [2.45, 2.75) is 11.1 Å². The number of hydrogen-bond donors (Lipinski definition) is 2. The number of nitrogens with zero attached hydrogens (tertiary/aromatic N) is 3. The number of benzene rings is 1. The van der Waals surface area contributed by atoms with Crippen LogP contribution in [0, 0.1) is 18.3 Å². The Labute approximate surface area is 124 Å². The van der Waals surface area contributed by atoms with Gasteiger partial charge in [0.25, 0.3) is 10.0 Å². The molecular formula is C12H9N5O2S2. The van der Waals surface area contributed by atoms with Crippen LogP contribution in [0.2, 0.25) is 0 Å². The molecule has 9 heteroatoms. The molecule has 0 bridgehead atoms.